The van der Waals surface area contributed by atoms with Gasteiger partial charge in [-0.15, -0.1) is 0 Å². The average molecular weight is 383 g/mol. The molecule has 0 bridgehead atoms. The van der Waals surface area contributed by atoms with Gasteiger partial charge < -0.3 is 10.0 Å². The number of piperidine rings is 1. The monoisotopic (exact) mass is 383 g/mol. The first-order valence-corrected chi connectivity index (χ1v) is 10.6. The van der Waals surface area contributed by atoms with Crippen molar-refractivity contribution in [3.05, 3.63) is 28.3 Å². The van der Waals surface area contributed by atoms with Gasteiger partial charge in [0.2, 0.25) is 10.0 Å². The summed E-state index contributed by atoms with van der Waals surface area (Å²) in [6.45, 7) is 1.83. The third-order valence-electron chi connectivity index (χ3n) is 5.08. The highest BCUT2D eigenvalue weighted by Gasteiger charge is 2.30. The van der Waals surface area contributed by atoms with Gasteiger partial charge in [-0.2, -0.15) is 4.31 Å². The van der Waals surface area contributed by atoms with E-state index in [1.54, 1.807) is 4.90 Å². The topological polar surface area (TPSA) is 104 Å². The molecule has 0 saturated carbocycles. The Morgan fingerprint density at radius 2 is 1.77 bits per heavy atom. The predicted molar refractivity (Wildman–Crippen MR) is 97.8 cm³/mol. The van der Waals surface area contributed by atoms with E-state index in [-0.39, 0.29) is 10.6 Å². The molecule has 1 N–H and O–H groups in total. The van der Waals surface area contributed by atoms with Crippen LogP contribution >= 0.6 is 0 Å². The lowest BCUT2D eigenvalue weighted by molar-refractivity contribution is -0.384. The van der Waals surface area contributed by atoms with Crippen molar-refractivity contribution >= 4 is 21.4 Å². The van der Waals surface area contributed by atoms with Gasteiger partial charge in [0.1, 0.15) is 5.69 Å². The number of benzene rings is 1. The van der Waals surface area contributed by atoms with Crippen LogP contribution in [0.3, 0.4) is 0 Å². The summed E-state index contributed by atoms with van der Waals surface area (Å²) in [4.78, 5) is 12.7. The average Bonchev–Trinajstić information content (AvgIpc) is 2.91. The summed E-state index contributed by atoms with van der Waals surface area (Å²) in [7, 11) is -3.74. The second kappa shape index (κ2) is 7.89. The zero-order chi connectivity index (χ0) is 18.7. The number of anilines is 1. The van der Waals surface area contributed by atoms with E-state index < -0.39 is 21.1 Å². The molecule has 0 amide bonds. The SMILES string of the molecule is O=[N+]([O-])c1cc(S(=O)(=O)N2CCCCCC2)ccc1N1CCCC(O)C1. The lowest BCUT2D eigenvalue weighted by atomic mass is 10.1. The van der Waals surface area contributed by atoms with E-state index in [2.05, 4.69) is 0 Å². The first-order chi connectivity index (χ1) is 12.4. The van der Waals surface area contributed by atoms with Crippen molar-refractivity contribution in [2.75, 3.05) is 31.1 Å². The molecule has 3 rings (SSSR count). The van der Waals surface area contributed by atoms with E-state index in [1.807, 2.05) is 0 Å². The third kappa shape index (κ3) is 3.99. The number of aliphatic hydroxyl groups is 1. The lowest BCUT2D eigenvalue weighted by Gasteiger charge is -2.31. The third-order valence-corrected chi connectivity index (χ3v) is 6.98. The van der Waals surface area contributed by atoms with Crippen LogP contribution < -0.4 is 4.90 Å². The molecule has 0 spiro atoms. The molecule has 2 aliphatic rings. The molecule has 8 nitrogen and oxygen atoms in total. The fraction of sp³-hybridized carbons (Fsp3) is 0.647. The number of nitrogens with zero attached hydrogens (tertiary/aromatic N) is 3. The Morgan fingerprint density at radius 3 is 2.38 bits per heavy atom. The minimum Gasteiger partial charge on any atom is -0.391 e. The molecular weight excluding hydrogens is 358 g/mol. The highest BCUT2D eigenvalue weighted by Crippen LogP contribution is 2.33. The van der Waals surface area contributed by atoms with Crippen LogP contribution in [-0.2, 0) is 10.0 Å². The number of hydrogen-bond acceptors (Lipinski definition) is 6. The van der Waals surface area contributed by atoms with Crippen LogP contribution in [-0.4, -0.2) is 55.0 Å². The standard InChI is InChI=1S/C17H25N3O5S/c21-14-6-5-9-18(13-14)16-8-7-15(12-17(16)20(22)23)26(24,25)19-10-3-1-2-4-11-19/h7-8,12,14,21H,1-6,9-11,13H2. The van der Waals surface area contributed by atoms with E-state index in [1.165, 1.54) is 16.4 Å². The molecule has 2 saturated heterocycles. The van der Waals surface area contributed by atoms with Crippen LogP contribution in [0.4, 0.5) is 11.4 Å². The fourth-order valence-electron chi connectivity index (χ4n) is 3.68. The molecule has 1 atom stereocenters. The van der Waals surface area contributed by atoms with Crippen LogP contribution in [0.15, 0.2) is 23.1 Å². The molecule has 1 unspecified atom stereocenters. The molecule has 2 fully saturated rings. The molecule has 0 aromatic heterocycles. The number of β-amino-alcohol motifs (C(OH)–C–C–N with tert-alkyl or cyclic N) is 1. The summed E-state index contributed by atoms with van der Waals surface area (Å²) in [5.74, 6) is 0. The number of hydrogen-bond donors (Lipinski definition) is 1. The van der Waals surface area contributed by atoms with Gasteiger partial charge in [-0.1, -0.05) is 12.8 Å². The first-order valence-electron chi connectivity index (χ1n) is 9.11. The van der Waals surface area contributed by atoms with Gasteiger partial charge in [0.25, 0.3) is 5.69 Å². The van der Waals surface area contributed by atoms with E-state index in [4.69, 9.17) is 0 Å². The van der Waals surface area contributed by atoms with Gasteiger partial charge in [-0.05, 0) is 37.8 Å². The Hall–Kier alpha value is -1.71. The molecule has 144 valence electrons. The van der Waals surface area contributed by atoms with Crippen LogP contribution in [0, 0.1) is 10.1 Å². The van der Waals surface area contributed by atoms with E-state index in [0.717, 1.165) is 38.2 Å². The van der Waals surface area contributed by atoms with Crippen LogP contribution in [0.1, 0.15) is 38.5 Å². The van der Waals surface area contributed by atoms with Crippen LogP contribution in [0.2, 0.25) is 0 Å². The Bertz CT molecular complexity index is 760. The zero-order valence-electron chi connectivity index (χ0n) is 14.7. The smallest absolute Gasteiger partial charge is 0.293 e. The molecular formula is C17H25N3O5S. The summed E-state index contributed by atoms with van der Waals surface area (Å²) in [5.41, 5.74) is 0.138. The van der Waals surface area contributed by atoms with Gasteiger partial charge in [-0.25, -0.2) is 8.42 Å². The normalized spacial score (nSPS) is 22.8. The molecule has 26 heavy (non-hydrogen) atoms. The Balaban J connectivity index is 1.94. The zero-order valence-corrected chi connectivity index (χ0v) is 15.5. The van der Waals surface area contributed by atoms with E-state index in [9.17, 15) is 23.6 Å². The van der Waals surface area contributed by atoms with Crippen molar-refractivity contribution in [2.45, 2.75) is 49.5 Å². The molecule has 2 aliphatic heterocycles. The number of aliphatic hydroxyl groups excluding tert-OH is 1. The molecule has 9 heteroatoms. The highest BCUT2D eigenvalue weighted by atomic mass is 32.2. The van der Waals surface area contributed by atoms with Crippen LogP contribution in [0.5, 0.6) is 0 Å². The molecule has 2 heterocycles. The van der Waals surface area contributed by atoms with Crippen molar-refractivity contribution in [2.24, 2.45) is 0 Å². The Labute approximate surface area is 153 Å². The quantitative estimate of drug-likeness (QED) is 0.631. The molecule has 0 radical (unpaired) electrons. The van der Waals surface area contributed by atoms with Crippen molar-refractivity contribution < 1.29 is 18.4 Å². The van der Waals surface area contributed by atoms with Gasteiger partial charge in [0, 0.05) is 32.2 Å². The maximum absolute atomic E-state index is 12.9. The fourth-order valence-corrected chi connectivity index (χ4v) is 5.22. The van der Waals surface area contributed by atoms with Crippen LogP contribution in [0.25, 0.3) is 0 Å². The number of rotatable bonds is 4. The number of nitro benzene ring substituents is 1. The number of nitro groups is 1. The summed E-state index contributed by atoms with van der Waals surface area (Å²) in [6.07, 6.45) is 4.52. The predicted octanol–water partition coefficient (Wildman–Crippen LogP) is 2.12. The summed E-state index contributed by atoms with van der Waals surface area (Å²) < 4.78 is 27.2. The summed E-state index contributed by atoms with van der Waals surface area (Å²) in [6, 6.07) is 4.11. The number of sulfonamides is 1. The molecule has 0 aliphatic carbocycles. The lowest BCUT2D eigenvalue weighted by Crippen LogP contribution is -2.38. The van der Waals surface area contributed by atoms with Gasteiger partial charge in [-0.3, -0.25) is 10.1 Å². The Morgan fingerprint density at radius 1 is 1.08 bits per heavy atom. The minimum atomic E-state index is -3.74. The van der Waals surface area contributed by atoms with Crippen molar-refractivity contribution in [3.63, 3.8) is 0 Å². The second-order valence-electron chi connectivity index (χ2n) is 6.97. The summed E-state index contributed by atoms with van der Waals surface area (Å²) >= 11 is 0. The highest BCUT2D eigenvalue weighted by molar-refractivity contribution is 7.89. The minimum absolute atomic E-state index is 0.0348. The molecule has 1 aromatic rings. The largest absolute Gasteiger partial charge is 0.391 e. The first kappa shape index (κ1) is 19.1. The second-order valence-corrected chi connectivity index (χ2v) is 8.91. The van der Waals surface area contributed by atoms with Crippen molar-refractivity contribution in [1.29, 1.82) is 0 Å². The van der Waals surface area contributed by atoms with Crippen molar-refractivity contribution in [3.8, 4) is 0 Å². The van der Waals surface area contributed by atoms with E-state index in [0.29, 0.717) is 38.3 Å². The maximum atomic E-state index is 12.9. The maximum Gasteiger partial charge on any atom is 0.293 e. The van der Waals surface area contributed by atoms with Gasteiger partial charge in [0.15, 0.2) is 0 Å². The van der Waals surface area contributed by atoms with Crippen molar-refractivity contribution in [1.82, 2.24) is 4.31 Å². The summed E-state index contributed by atoms with van der Waals surface area (Å²) in [5, 5.41) is 21.4. The van der Waals surface area contributed by atoms with Gasteiger partial charge in [0.05, 0.1) is 15.9 Å². The molecule has 1 aromatic carbocycles. The van der Waals surface area contributed by atoms with Gasteiger partial charge >= 0.3 is 0 Å². The Kier molecular flexibility index (Phi) is 5.79. The van der Waals surface area contributed by atoms with E-state index >= 15 is 0 Å².